The number of hydrogen-bond donors (Lipinski definition) is 0. The van der Waals surface area contributed by atoms with Crippen molar-refractivity contribution in [3.05, 3.63) is 49.1 Å². The first-order chi connectivity index (χ1) is 14.7. The molecule has 30 heavy (non-hydrogen) atoms. The van der Waals surface area contributed by atoms with E-state index in [0.717, 1.165) is 37.2 Å². The number of amides is 1. The van der Waals surface area contributed by atoms with Gasteiger partial charge < -0.3 is 14.0 Å². The van der Waals surface area contributed by atoms with Crippen LogP contribution >= 0.6 is 0 Å². The number of pyridine rings is 1. The summed E-state index contributed by atoms with van der Waals surface area (Å²) in [5.74, 6) is 2.15. The van der Waals surface area contributed by atoms with Crippen LogP contribution in [0.5, 0.6) is 0 Å². The summed E-state index contributed by atoms with van der Waals surface area (Å²) in [6.45, 7) is 2.12. The van der Waals surface area contributed by atoms with Crippen LogP contribution in [0.2, 0.25) is 0 Å². The highest BCUT2D eigenvalue weighted by molar-refractivity contribution is 5.76. The quantitative estimate of drug-likeness (QED) is 0.599. The van der Waals surface area contributed by atoms with Crippen LogP contribution in [0.25, 0.3) is 11.5 Å². The first-order valence-corrected chi connectivity index (χ1v) is 10.7. The highest BCUT2D eigenvalue weighted by Gasteiger charge is 2.45. The van der Waals surface area contributed by atoms with E-state index in [1.165, 1.54) is 12.8 Å². The Labute approximate surface area is 175 Å². The van der Waals surface area contributed by atoms with E-state index in [1.807, 2.05) is 27.8 Å². The number of aromatic nitrogens is 5. The third-order valence-electron chi connectivity index (χ3n) is 6.28. The van der Waals surface area contributed by atoms with Crippen molar-refractivity contribution in [1.82, 2.24) is 29.6 Å². The number of nitrogens with zero attached hydrogens (tertiary/aromatic N) is 6. The Morgan fingerprint density at radius 3 is 2.83 bits per heavy atom. The topological polar surface area (TPSA) is 89.9 Å². The van der Waals surface area contributed by atoms with Crippen molar-refractivity contribution in [2.24, 2.45) is 5.92 Å². The second-order valence-electron chi connectivity index (χ2n) is 8.56. The molecule has 0 aromatic carbocycles. The van der Waals surface area contributed by atoms with Gasteiger partial charge in [0.25, 0.3) is 5.89 Å². The number of imidazole rings is 1. The third kappa shape index (κ3) is 3.99. The molecule has 1 saturated carbocycles. The molecule has 1 saturated heterocycles. The first-order valence-electron chi connectivity index (χ1n) is 10.7. The fourth-order valence-electron chi connectivity index (χ4n) is 4.51. The lowest BCUT2D eigenvalue weighted by Crippen LogP contribution is -2.49. The number of rotatable bonds is 7. The molecule has 1 aliphatic heterocycles. The van der Waals surface area contributed by atoms with Crippen LogP contribution in [0.1, 0.15) is 44.3 Å². The van der Waals surface area contributed by atoms with Gasteiger partial charge in [0.2, 0.25) is 5.91 Å². The van der Waals surface area contributed by atoms with Crippen molar-refractivity contribution in [1.29, 1.82) is 0 Å². The SMILES string of the molecule is O=C(CCn1ccnc1)N1CCCC(CC2CC2)(c2noc(-c3ccncc3)n2)C1. The monoisotopic (exact) mass is 406 g/mol. The van der Waals surface area contributed by atoms with E-state index in [4.69, 9.17) is 9.51 Å². The van der Waals surface area contributed by atoms with Gasteiger partial charge >= 0.3 is 0 Å². The van der Waals surface area contributed by atoms with Gasteiger partial charge in [-0.05, 0) is 37.3 Å². The lowest BCUT2D eigenvalue weighted by atomic mass is 9.74. The molecule has 2 aliphatic rings. The lowest BCUT2D eigenvalue weighted by Gasteiger charge is -2.41. The van der Waals surface area contributed by atoms with E-state index < -0.39 is 0 Å². The molecular weight excluding hydrogens is 380 g/mol. The summed E-state index contributed by atoms with van der Waals surface area (Å²) in [6, 6.07) is 3.75. The van der Waals surface area contributed by atoms with Crippen molar-refractivity contribution in [2.75, 3.05) is 13.1 Å². The maximum Gasteiger partial charge on any atom is 0.258 e. The Kier molecular flexibility index (Phi) is 5.06. The fraction of sp³-hybridized carbons (Fsp3) is 0.500. The minimum atomic E-state index is -0.223. The zero-order valence-electron chi connectivity index (χ0n) is 17.0. The maximum absolute atomic E-state index is 13.0. The van der Waals surface area contributed by atoms with Crippen LogP contribution in [0.15, 0.2) is 47.8 Å². The number of carbonyl (C=O) groups excluding carboxylic acids is 1. The van der Waals surface area contributed by atoms with Crippen LogP contribution in [-0.4, -0.2) is 48.6 Å². The van der Waals surface area contributed by atoms with E-state index in [1.54, 1.807) is 24.9 Å². The van der Waals surface area contributed by atoms with E-state index in [-0.39, 0.29) is 11.3 Å². The number of likely N-dealkylation sites (tertiary alicyclic amines) is 1. The average Bonchev–Trinajstić information content (AvgIpc) is 3.23. The second-order valence-corrected chi connectivity index (χ2v) is 8.56. The number of carbonyl (C=O) groups is 1. The summed E-state index contributed by atoms with van der Waals surface area (Å²) in [6.07, 6.45) is 14.8. The van der Waals surface area contributed by atoms with Crippen molar-refractivity contribution in [3.63, 3.8) is 0 Å². The minimum Gasteiger partial charge on any atom is -0.342 e. The summed E-state index contributed by atoms with van der Waals surface area (Å²) in [5, 5.41) is 4.39. The van der Waals surface area contributed by atoms with Crippen molar-refractivity contribution in [3.8, 4) is 11.5 Å². The van der Waals surface area contributed by atoms with Crippen LogP contribution in [-0.2, 0) is 16.8 Å². The van der Waals surface area contributed by atoms with Crippen LogP contribution in [0, 0.1) is 5.92 Å². The highest BCUT2D eigenvalue weighted by atomic mass is 16.5. The molecule has 5 rings (SSSR count). The van der Waals surface area contributed by atoms with Gasteiger partial charge in [-0.2, -0.15) is 4.98 Å². The molecule has 1 atom stereocenters. The fourth-order valence-corrected chi connectivity index (χ4v) is 4.51. The molecule has 0 N–H and O–H groups in total. The molecule has 2 fully saturated rings. The second kappa shape index (κ2) is 8.01. The number of aryl methyl sites for hydroxylation is 1. The molecule has 0 spiro atoms. The zero-order valence-corrected chi connectivity index (χ0v) is 17.0. The summed E-state index contributed by atoms with van der Waals surface area (Å²) >= 11 is 0. The molecule has 3 aromatic heterocycles. The molecule has 156 valence electrons. The van der Waals surface area contributed by atoms with Gasteiger partial charge in [-0.25, -0.2) is 4.98 Å². The predicted octanol–water partition coefficient (Wildman–Crippen LogP) is 3.08. The molecule has 1 unspecified atom stereocenters. The smallest absolute Gasteiger partial charge is 0.258 e. The molecule has 4 heterocycles. The summed E-state index contributed by atoms with van der Waals surface area (Å²) in [5.41, 5.74) is 0.646. The Morgan fingerprint density at radius 1 is 1.20 bits per heavy atom. The summed E-state index contributed by atoms with van der Waals surface area (Å²) < 4.78 is 7.56. The van der Waals surface area contributed by atoms with E-state index in [9.17, 15) is 4.79 Å². The van der Waals surface area contributed by atoms with Gasteiger partial charge in [-0.15, -0.1) is 0 Å². The Bertz CT molecular complexity index is 982. The van der Waals surface area contributed by atoms with Gasteiger partial charge in [0, 0.05) is 56.4 Å². The highest BCUT2D eigenvalue weighted by Crippen LogP contribution is 2.46. The van der Waals surface area contributed by atoms with Gasteiger partial charge in [-0.3, -0.25) is 9.78 Å². The Hall–Kier alpha value is -3.03. The Balaban J connectivity index is 1.35. The first kappa shape index (κ1) is 19.0. The van der Waals surface area contributed by atoms with E-state index in [0.29, 0.717) is 31.3 Å². The Morgan fingerprint density at radius 2 is 2.07 bits per heavy atom. The molecule has 1 amide bonds. The molecule has 0 radical (unpaired) electrons. The number of piperidine rings is 1. The van der Waals surface area contributed by atoms with Crippen molar-refractivity contribution >= 4 is 5.91 Å². The van der Waals surface area contributed by atoms with Gasteiger partial charge in [-0.1, -0.05) is 18.0 Å². The minimum absolute atomic E-state index is 0.182. The zero-order chi connectivity index (χ0) is 20.4. The summed E-state index contributed by atoms with van der Waals surface area (Å²) in [4.78, 5) is 27.9. The third-order valence-corrected chi connectivity index (χ3v) is 6.28. The van der Waals surface area contributed by atoms with E-state index in [2.05, 4.69) is 15.1 Å². The van der Waals surface area contributed by atoms with Gasteiger partial charge in [0.15, 0.2) is 5.82 Å². The molecule has 3 aromatic rings. The molecule has 8 heteroatoms. The molecule has 0 bridgehead atoms. The predicted molar refractivity (Wildman–Crippen MR) is 109 cm³/mol. The molecule has 1 aliphatic carbocycles. The van der Waals surface area contributed by atoms with Crippen molar-refractivity contribution < 1.29 is 9.32 Å². The van der Waals surface area contributed by atoms with Gasteiger partial charge in [0.1, 0.15) is 0 Å². The van der Waals surface area contributed by atoms with Crippen LogP contribution in [0.3, 0.4) is 0 Å². The standard InChI is InChI=1S/C22H26N6O2/c29-19(6-12-27-13-10-24-16-27)28-11-1-7-22(15-28,14-17-2-3-17)21-25-20(30-26-21)18-4-8-23-9-5-18/h4-5,8-10,13,16-17H,1-3,6-7,11-12,14-15H2. The van der Waals surface area contributed by atoms with Crippen LogP contribution < -0.4 is 0 Å². The average molecular weight is 406 g/mol. The van der Waals surface area contributed by atoms with Crippen LogP contribution in [0.4, 0.5) is 0 Å². The van der Waals surface area contributed by atoms with Gasteiger partial charge in [0.05, 0.1) is 11.7 Å². The van der Waals surface area contributed by atoms with Crippen molar-refractivity contribution in [2.45, 2.75) is 50.5 Å². The normalized spacial score (nSPS) is 21.7. The maximum atomic E-state index is 13.0. The largest absolute Gasteiger partial charge is 0.342 e. The van der Waals surface area contributed by atoms with E-state index >= 15 is 0 Å². The number of hydrogen-bond acceptors (Lipinski definition) is 6. The molecule has 8 nitrogen and oxygen atoms in total. The summed E-state index contributed by atoms with van der Waals surface area (Å²) in [7, 11) is 0. The molecular formula is C22H26N6O2. The lowest BCUT2D eigenvalue weighted by molar-refractivity contribution is -0.134.